The van der Waals surface area contributed by atoms with Crippen molar-refractivity contribution in [1.82, 2.24) is 0 Å². The van der Waals surface area contributed by atoms with Crippen molar-refractivity contribution < 1.29 is 0 Å². The second kappa shape index (κ2) is 7.81. The quantitative estimate of drug-likeness (QED) is 0.354. The first-order chi connectivity index (χ1) is 7.33. The second-order valence-corrected chi connectivity index (χ2v) is 16.1. The molecule has 0 rings (SSSR count). The fourth-order valence-corrected chi connectivity index (χ4v) is 7.43. The zero-order chi connectivity index (χ0) is 12.7. The molecule has 0 saturated carbocycles. The third-order valence-corrected chi connectivity index (χ3v) is 8.41. The number of halogens is 2. The molecule has 16 heavy (non-hydrogen) atoms. The molecule has 0 nitrogen and oxygen atoms in total. The van der Waals surface area contributed by atoms with Gasteiger partial charge < -0.3 is 0 Å². The summed E-state index contributed by atoms with van der Waals surface area (Å²) in [5, 5.41) is 0. The van der Waals surface area contributed by atoms with Crippen molar-refractivity contribution in [3.63, 3.8) is 0 Å². The lowest BCUT2D eigenvalue weighted by Gasteiger charge is -2.14. The fraction of sp³-hybridized carbons (Fsp3) is 0.833. The first-order valence-corrected chi connectivity index (χ1v) is 13.7. The molecular formula is C12H24Cl2Si2. The van der Waals surface area contributed by atoms with Crippen molar-refractivity contribution in [3.05, 3.63) is 0 Å². The normalized spacial score (nSPS) is 18.1. The molecule has 0 bridgehead atoms. The molecule has 0 N–H and O–H groups in total. The Hall–Kier alpha value is 0.574. The molecule has 0 aliphatic carbocycles. The maximum absolute atomic E-state index is 6.48. The van der Waals surface area contributed by atoms with Gasteiger partial charge >= 0.3 is 0 Å². The maximum atomic E-state index is 6.48. The van der Waals surface area contributed by atoms with E-state index in [0.29, 0.717) is 0 Å². The van der Waals surface area contributed by atoms with Gasteiger partial charge in [-0.05, 0) is 25.2 Å². The highest BCUT2D eigenvalue weighted by Gasteiger charge is 2.25. The van der Waals surface area contributed by atoms with Gasteiger partial charge in [0.1, 0.15) is 0 Å². The van der Waals surface area contributed by atoms with Crippen molar-refractivity contribution >= 4 is 36.9 Å². The Labute approximate surface area is 113 Å². The number of hydrogen-bond acceptors (Lipinski definition) is 0. The second-order valence-electron chi connectivity index (χ2n) is 4.85. The van der Waals surface area contributed by atoms with Gasteiger partial charge in [-0.15, -0.1) is 11.1 Å². The minimum absolute atomic E-state index is 1.09. The molecule has 0 aliphatic rings. The number of hydrogen-bond donors (Lipinski definition) is 0. The molecule has 0 amide bonds. The Kier molecular flexibility index (Phi) is 8.09. The van der Waals surface area contributed by atoms with Crippen LogP contribution < -0.4 is 0 Å². The Morgan fingerprint density at radius 2 is 1.12 bits per heavy atom. The summed E-state index contributed by atoms with van der Waals surface area (Å²) in [6, 6.07) is 2.18. The van der Waals surface area contributed by atoms with Gasteiger partial charge in [-0.1, -0.05) is 39.5 Å². The Balaban J connectivity index is 4.33. The summed E-state index contributed by atoms with van der Waals surface area (Å²) >= 11 is 13.0. The summed E-state index contributed by atoms with van der Waals surface area (Å²) in [6.07, 6.45) is 4.78. The average Bonchev–Trinajstić information content (AvgIpc) is 2.22. The molecule has 0 saturated heterocycles. The van der Waals surface area contributed by atoms with Crippen LogP contribution in [-0.2, 0) is 0 Å². The highest BCUT2D eigenvalue weighted by molar-refractivity contribution is 7.27. The van der Waals surface area contributed by atoms with Gasteiger partial charge in [-0.2, -0.15) is 22.2 Å². The van der Waals surface area contributed by atoms with Crippen LogP contribution in [0, 0.1) is 11.1 Å². The molecule has 0 aromatic carbocycles. The van der Waals surface area contributed by atoms with E-state index in [4.69, 9.17) is 22.2 Å². The van der Waals surface area contributed by atoms with Gasteiger partial charge in [0.15, 0.2) is 0 Å². The summed E-state index contributed by atoms with van der Waals surface area (Å²) < 4.78 is 0. The third-order valence-electron chi connectivity index (χ3n) is 2.58. The molecule has 0 aromatic heterocycles. The molecule has 0 spiro atoms. The minimum Gasteiger partial charge on any atom is -0.150 e. The van der Waals surface area contributed by atoms with Crippen LogP contribution >= 0.6 is 22.2 Å². The van der Waals surface area contributed by atoms with E-state index in [1.165, 1.54) is 25.7 Å². The van der Waals surface area contributed by atoms with Crippen LogP contribution in [0.25, 0.3) is 0 Å². The molecular weight excluding hydrogens is 271 g/mol. The van der Waals surface area contributed by atoms with E-state index in [9.17, 15) is 0 Å². The zero-order valence-electron chi connectivity index (χ0n) is 11.0. The summed E-state index contributed by atoms with van der Waals surface area (Å²) in [5.74, 6) is 0. The maximum Gasteiger partial charge on any atom is 0.230 e. The van der Waals surface area contributed by atoms with Gasteiger partial charge in [0.05, 0.1) is 0 Å². The van der Waals surface area contributed by atoms with Crippen molar-refractivity contribution in [2.24, 2.45) is 0 Å². The van der Waals surface area contributed by atoms with E-state index in [0.717, 1.165) is 12.1 Å². The SMILES string of the molecule is CCCC[Si](C)(Cl)C#C[Si](C)(Cl)CCCC. The molecule has 4 heteroatoms. The molecule has 0 radical (unpaired) electrons. The topological polar surface area (TPSA) is 0 Å². The van der Waals surface area contributed by atoms with Crippen molar-refractivity contribution in [2.75, 3.05) is 0 Å². The smallest absolute Gasteiger partial charge is 0.150 e. The van der Waals surface area contributed by atoms with Gasteiger partial charge in [0.25, 0.3) is 0 Å². The van der Waals surface area contributed by atoms with Crippen LogP contribution in [0.1, 0.15) is 39.5 Å². The summed E-state index contributed by atoms with van der Waals surface area (Å²) in [5.41, 5.74) is 6.65. The van der Waals surface area contributed by atoms with Crippen LogP contribution in [0.3, 0.4) is 0 Å². The number of rotatable bonds is 6. The van der Waals surface area contributed by atoms with Crippen molar-refractivity contribution in [2.45, 2.75) is 64.7 Å². The van der Waals surface area contributed by atoms with E-state index in [1.807, 2.05) is 0 Å². The average molecular weight is 295 g/mol. The van der Waals surface area contributed by atoms with Crippen LogP contribution in [-0.4, -0.2) is 14.8 Å². The highest BCUT2D eigenvalue weighted by Crippen LogP contribution is 2.21. The van der Waals surface area contributed by atoms with Crippen LogP contribution in [0.5, 0.6) is 0 Å². The lowest BCUT2D eigenvalue weighted by atomic mass is 10.4. The van der Waals surface area contributed by atoms with E-state index < -0.39 is 14.8 Å². The lowest BCUT2D eigenvalue weighted by Crippen LogP contribution is -2.24. The van der Waals surface area contributed by atoms with E-state index in [2.05, 4.69) is 38.0 Å². The van der Waals surface area contributed by atoms with E-state index >= 15 is 0 Å². The lowest BCUT2D eigenvalue weighted by molar-refractivity contribution is 0.874. The van der Waals surface area contributed by atoms with Gasteiger partial charge in [0.2, 0.25) is 14.8 Å². The summed E-state index contributed by atoms with van der Waals surface area (Å²) in [6.45, 7) is 8.66. The molecule has 0 aromatic rings. The van der Waals surface area contributed by atoms with Crippen LogP contribution in [0.4, 0.5) is 0 Å². The van der Waals surface area contributed by atoms with Crippen molar-refractivity contribution in [3.8, 4) is 11.1 Å². The molecule has 0 fully saturated rings. The summed E-state index contributed by atoms with van der Waals surface area (Å²) in [7, 11) is -3.62. The molecule has 94 valence electrons. The predicted molar refractivity (Wildman–Crippen MR) is 82.1 cm³/mol. The monoisotopic (exact) mass is 294 g/mol. The van der Waals surface area contributed by atoms with Crippen molar-refractivity contribution in [1.29, 1.82) is 0 Å². The highest BCUT2D eigenvalue weighted by atomic mass is 35.6. The zero-order valence-corrected chi connectivity index (χ0v) is 14.5. The van der Waals surface area contributed by atoms with Gasteiger partial charge in [-0.3, -0.25) is 0 Å². The standard InChI is InChI=1S/C12H24Cl2Si2/c1-5-7-9-15(3,13)11-12-16(4,14)10-8-6-2/h5-10H2,1-4H3. The van der Waals surface area contributed by atoms with Gasteiger partial charge in [-0.25, -0.2) is 0 Å². The van der Waals surface area contributed by atoms with E-state index in [1.54, 1.807) is 0 Å². The third kappa shape index (κ3) is 8.69. The first kappa shape index (κ1) is 16.6. The molecule has 2 unspecified atom stereocenters. The minimum atomic E-state index is -1.81. The Morgan fingerprint density at radius 1 is 0.812 bits per heavy atom. The Morgan fingerprint density at radius 3 is 1.38 bits per heavy atom. The number of unbranched alkanes of at least 4 members (excludes halogenated alkanes) is 2. The molecule has 2 atom stereocenters. The Bertz CT molecular complexity index is 227. The van der Waals surface area contributed by atoms with Crippen LogP contribution in [0.15, 0.2) is 0 Å². The largest absolute Gasteiger partial charge is 0.230 e. The molecule has 0 aliphatic heterocycles. The van der Waals surface area contributed by atoms with E-state index in [-0.39, 0.29) is 0 Å². The molecule has 0 heterocycles. The summed E-state index contributed by atoms with van der Waals surface area (Å²) in [4.78, 5) is 0. The fourth-order valence-electron chi connectivity index (χ4n) is 1.40. The van der Waals surface area contributed by atoms with Crippen LogP contribution in [0.2, 0.25) is 25.2 Å². The predicted octanol–water partition coefficient (Wildman–Crippen LogP) is 5.30. The van der Waals surface area contributed by atoms with Gasteiger partial charge in [0, 0.05) is 0 Å². The first-order valence-electron chi connectivity index (χ1n) is 6.25.